The molecule has 44 heavy (non-hydrogen) atoms. The first-order valence-electron chi connectivity index (χ1n) is 12.8. The van der Waals surface area contributed by atoms with Crippen LogP contribution >= 0.6 is 106 Å². The fourth-order valence-corrected chi connectivity index (χ4v) is 8.97. The van der Waals surface area contributed by atoms with Crippen LogP contribution in [0.1, 0.15) is 0 Å². The van der Waals surface area contributed by atoms with Gasteiger partial charge in [-0.05, 0) is 36.7 Å². The molecule has 3 heterocycles. The molecule has 0 aliphatic heterocycles. The maximum atomic E-state index is 10.4. The Hall–Kier alpha value is 0.0700. The first-order chi connectivity index (χ1) is 21.2. The van der Waals surface area contributed by atoms with E-state index in [1.54, 1.807) is 0 Å². The highest BCUT2D eigenvalue weighted by molar-refractivity contribution is 8.01. The lowest BCUT2D eigenvalue weighted by molar-refractivity contribution is -0.0991. The SMILES string of the molecule is OC(COCC(O)CSc1n[nH]c(=S)s1)COCC(COCC(O)CSc1n[nH]c(=S)s1)OCC(O)CSc1n[nH]c(=S)s1. The van der Waals surface area contributed by atoms with Crippen LogP contribution in [0.25, 0.3) is 0 Å². The molecule has 0 aliphatic rings. The second kappa shape index (κ2) is 21.8. The summed E-state index contributed by atoms with van der Waals surface area (Å²) in [6.07, 6.45) is -3.80. The Morgan fingerprint density at radius 3 is 1.25 bits per heavy atom. The number of ether oxygens (including phenoxy) is 4. The fraction of sp³-hybridized carbons (Fsp3) is 0.714. The third-order valence-electron chi connectivity index (χ3n) is 4.83. The number of aromatic nitrogens is 6. The molecule has 0 aliphatic carbocycles. The van der Waals surface area contributed by atoms with Gasteiger partial charge in [0.15, 0.2) is 24.9 Å². The Balaban J connectivity index is 1.34. The average molecular weight is 785 g/mol. The van der Waals surface area contributed by atoms with E-state index in [-0.39, 0.29) is 46.2 Å². The molecule has 0 fully saturated rings. The number of aromatic amines is 3. The molecule has 5 unspecified atom stereocenters. The second-order valence-electron chi connectivity index (χ2n) is 8.75. The number of rotatable bonds is 24. The van der Waals surface area contributed by atoms with Crippen molar-refractivity contribution < 1.29 is 39.4 Å². The normalized spacial score (nSPS) is 15.3. The maximum absolute atomic E-state index is 10.4. The number of H-pyrrole nitrogens is 3. The van der Waals surface area contributed by atoms with Crippen molar-refractivity contribution in [3.05, 3.63) is 11.9 Å². The molecule has 3 rings (SSSR count). The lowest BCUT2D eigenvalue weighted by Crippen LogP contribution is -2.33. The van der Waals surface area contributed by atoms with Gasteiger partial charge < -0.3 is 39.4 Å². The summed E-state index contributed by atoms with van der Waals surface area (Å²) in [5, 5.41) is 61.2. The van der Waals surface area contributed by atoms with E-state index in [9.17, 15) is 20.4 Å². The minimum atomic E-state index is -0.934. The van der Waals surface area contributed by atoms with Gasteiger partial charge in [-0.15, -0.1) is 0 Å². The van der Waals surface area contributed by atoms with Gasteiger partial charge in [0.2, 0.25) is 0 Å². The summed E-state index contributed by atoms with van der Waals surface area (Å²) in [5.74, 6) is 1.08. The molecule has 0 bridgehead atoms. The van der Waals surface area contributed by atoms with Gasteiger partial charge in [-0.2, -0.15) is 15.3 Å². The van der Waals surface area contributed by atoms with Gasteiger partial charge in [0.1, 0.15) is 12.2 Å². The summed E-state index contributed by atoms with van der Waals surface area (Å²) >= 11 is 23.1. The van der Waals surface area contributed by atoms with Gasteiger partial charge in [-0.25, -0.2) is 0 Å². The molecule has 0 spiro atoms. The highest BCUT2D eigenvalue weighted by atomic mass is 32.2. The van der Waals surface area contributed by atoms with E-state index in [2.05, 4.69) is 30.6 Å². The molecule has 0 amide bonds. The van der Waals surface area contributed by atoms with Crippen LogP contribution in [0.5, 0.6) is 0 Å². The number of hydrogen-bond donors (Lipinski definition) is 7. The maximum Gasteiger partial charge on any atom is 0.177 e. The van der Waals surface area contributed by atoms with E-state index < -0.39 is 30.5 Å². The van der Waals surface area contributed by atoms with Crippen LogP contribution in [0.15, 0.2) is 13.0 Å². The molecule has 7 N–H and O–H groups in total. The van der Waals surface area contributed by atoms with Crippen molar-refractivity contribution in [1.82, 2.24) is 30.6 Å². The van der Waals surface area contributed by atoms with Crippen LogP contribution in [0, 0.1) is 11.9 Å². The third-order valence-corrected chi connectivity index (χ3v) is 12.0. The van der Waals surface area contributed by atoms with Crippen molar-refractivity contribution in [2.75, 3.05) is 63.5 Å². The lowest BCUT2D eigenvalue weighted by Gasteiger charge is -2.21. The van der Waals surface area contributed by atoms with Crippen molar-refractivity contribution in [3.8, 4) is 0 Å². The Morgan fingerprint density at radius 2 is 0.886 bits per heavy atom. The number of aliphatic hydroxyl groups excluding tert-OH is 4. The average Bonchev–Trinajstić information content (AvgIpc) is 3.73. The molecule has 14 nitrogen and oxygen atoms in total. The van der Waals surface area contributed by atoms with Crippen molar-refractivity contribution in [1.29, 1.82) is 0 Å². The first kappa shape index (κ1) is 38.5. The van der Waals surface area contributed by atoms with Crippen molar-refractivity contribution in [3.63, 3.8) is 0 Å². The largest absolute Gasteiger partial charge is 0.390 e. The minimum absolute atomic E-state index is 0.0108. The van der Waals surface area contributed by atoms with Crippen LogP contribution < -0.4 is 0 Å². The van der Waals surface area contributed by atoms with Gasteiger partial charge in [-0.3, -0.25) is 15.3 Å². The van der Waals surface area contributed by atoms with Crippen LogP contribution in [-0.4, -0.2) is 145 Å². The number of hydrogen-bond acceptors (Lipinski definition) is 20. The second-order valence-corrected chi connectivity index (χ2v) is 17.6. The van der Waals surface area contributed by atoms with Crippen molar-refractivity contribution >= 4 is 106 Å². The Morgan fingerprint density at radius 1 is 0.545 bits per heavy atom. The van der Waals surface area contributed by atoms with E-state index >= 15 is 0 Å². The zero-order valence-electron chi connectivity index (χ0n) is 22.9. The smallest absolute Gasteiger partial charge is 0.177 e. The molecule has 3 aromatic heterocycles. The predicted octanol–water partition coefficient (Wildman–Crippen LogP) is 2.78. The van der Waals surface area contributed by atoms with E-state index in [1.807, 2.05) is 0 Å². The molecule has 0 radical (unpaired) electrons. The number of aliphatic hydroxyl groups is 4. The highest BCUT2D eigenvalue weighted by Gasteiger charge is 2.17. The summed E-state index contributed by atoms with van der Waals surface area (Å²) in [7, 11) is 0. The summed E-state index contributed by atoms with van der Waals surface area (Å²) < 4.78 is 26.4. The molecule has 0 saturated heterocycles. The molecule has 0 saturated carbocycles. The van der Waals surface area contributed by atoms with Crippen LogP contribution in [0.4, 0.5) is 0 Å². The number of nitrogens with zero attached hydrogens (tertiary/aromatic N) is 3. The van der Waals surface area contributed by atoms with Gasteiger partial charge in [0, 0.05) is 17.3 Å². The van der Waals surface area contributed by atoms with Crippen LogP contribution in [-0.2, 0) is 18.9 Å². The Labute approximate surface area is 292 Å². The van der Waals surface area contributed by atoms with Gasteiger partial charge >= 0.3 is 0 Å². The fourth-order valence-electron chi connectivity index (χ4n) is 2.93. The number of thioether (sulfide) groups is 3. The van der Waals surface area contributed by atoms with Crippen molar-refractivity contribution in [2.24, 2.45) is 0 Å². The highest BCUT2D eigenvalue weighted by Crippen LogP contribution is 2.23. The van der Waals surface area contributed by atoms with Crippen LogP contribution in [0.2, 0.25) is 0 Å². The van der Waals surface area contributed by atoms with E-state index in [0.29, 0.717) is 29.1 Å². The standard InChI is InChI=1S/C21H32N6O8S9/c28-11(1-32-3-12(29)8-39-19-25-22-16(36)42-19)2-33-6-15(35-5-14(31)10-41-21-27-24-18(38)44-21)7-34-4-13(30)9-40-20-26-23-17(37)43-20/h11-15,28-31H,1-10H2,(H,22,36)(H,23,37)(H,24,38). The zero-order chi connectivity index (χ0) is 31.7. The summed E-state index contributed by atoms with van der Waals surface area (Å²) in [6.45, 7) is 0.178. The predicted molar refractivity (Wildman–Crippen MR) is 180 cm³/mol. The van der Waals surface area contributed by atoms with E-state index in [1.165, 1.54) is 69.3 Å². The van der Waals surface area contributed by atoms with Crippen molar-refractivity contribution in [2.45, 2.75) is 43.5 Å². The lowest BCUT2D eigenvalue weighted by atomic mass is 10.3. The molecule has 23 heteroatoms. The summed E-state index contributed by atoms with van der Waals surface area (Å²) in [5.41, 5.74) is 0. The first-order valence-corrected chi connectivity index (χ1v) is 19.4. The molecular weight excluding hydrogens is 753 g/mol. The summed E-state index contributed by atoms with van der Waals surface area (Å²) in [4.78, 5) is 0. The van der Waals surface area contributed by atoms with Gasteiger partial charge in [0.05, 0.1) is 64.6 Å². The quantitative estimate of drug-likeness (QED) is 0.0516. The molecular formula is C21H32N6O8S9. The number of nitrogens with one attached hydrogen (secondary N) is 3. The zero-order valence-corrected chi connectivity index (χ0v) is 30.2. The molecule has 5 atom stereocenters. The third kappa shape index (κ3) is 16.8. The topological polar surface area (TPSA) is 204 Å². The monoisotopic (exact) mass is 784 g/mol. The van der Waals surface area contributed by atoms with E-state index in [0.717, 1.165) is 13.0 Å². The molecule has 248 valence electrons. The van der Waals surface area contributed by atoms with Gasteiger partial charge in [0.25, 0.3) is 0 Å². The minimum Gasteiger partial charge on any atom is -0.390 e. The molecule has 0 aromatic carbocycles. The van der Waals surface area contributed by atoms with Gasteiger partial charge in [-0.1, -0.05) is 69.3 Å². The molecule has 3 aromatic rings. The summed E-state index contributed by atoms with van der Waals surface area (Å²) in [6, 6.07) is 0. The van der Waals surface area contributed by atoms with Crippen LogP contribution in [0.3, 0.4) is 0 Å². The van der Waals surface area contributed by atoms with E-state index in [4.69, 9.17) is 55.6 Å². The Bertz CT molecular complexity index is 1370. The Kier molecular flexibility index (Phi) is 19.1.